The maximum Gasteiger partial charge on any atom is 0.262 e. The molecule has 2 aromatic carbocycles. The molecule has 0 saturated carbocycles. The molecule has 8 heteroatoms. The van der Waals surface area contributed by atoms with Crippen LogP contribution >= 0.6 is 11.8 Å². The molecule has 3 rings (SSSR count). The Balaban J connectivity index is 1.40. The first-order chi connectivity index (χ1) is 14.1. The smallest absolute Gasteiger partial charge is 0.262 e. The molecule has 3 aromatic rings. The molecule has 0 radical (unpaired) electrons. The highest BCUT2D eigenvalue weighted by Crippen LogP contribution is 2.22. The van der Waals surface area contributed by atoms with Gasteiger partial charge in [-0.15, -0.1) is 0 Å². The van der Waals surface area contributed by atoms with Gasteiger partial charge < -0.3 is 9.15 Å². The lowest BCUT2D eigenvalue weighted by Gasteiger charge is -2.04. The lowest BCUT2D eigenvalue weighted by atomic mass is 10.2. The van der Waals surface area contributed by atoms with Gasteiger partial charge in [-0.2, -0.15) is 0 Å². The van der Waals surface area contributed by atoms with Gasteiger partial charge in [0.2, 0.25) is 5.91 Å². The van der Waals surface area contributed by atoms with Crippen molar-refractivity contribution in [1.29, 1.82) is 0 Å². The number of benzene rings is 2. The normalized spacial score (nSPS) is 10.8. The lowest BCUT2D eigenvalue weighted by molar-refractivity contribution is -0.125. The molecule has 29 heavy (non-hydrogen) atoms. The van der Waals surface area contributed by atoms with E-state index in [2.05, 4.69) is 22.4 Å². The largest absolute Gasteiger partial charge is 0.490 e. The topological polar surface area (TPSA) is 93.5 Å². The zero-order valence-electron chi connectivity index (χ0n) is 15.5. The van der Waals surface area contributed by atoms with Crippen molar-refractivity contribution in [3.05, 3.63) is 72.8 Å². The Bertz CT molecular complexity index is 995. The Labute approximate surface area is 171 Å². The molecule has 1 heterocycles. The lowest BCUT2D eigenvalue weighted by Crippen LogP contribution is -2.41. The zero-order chi connectivity index (χ0) is 20.5. The Morgan fingerprint density at radius 3 is 2.69 bits per heavy atom. The van der Waals surface area contributed by atoms with Gasteiger partial charge in [-0.3, -0.25) is 20.4 Å². The Morgan fingerprint density at radius 2 is 1.93 bits per heavy atom. The van der Waals surface area contributed by atoms with Crippen LogP contribution in [0.5, 0.6) is 5.75 Å². The average molecular weight is 409 g/mol. The molecule has 2 N–H and O–H groups in total. The number of hydrogen-bond acceptors (Lipinski definition) is 6. The van der Waals surface area contributed by atoms with Gasteiger partial charge in [0.05, 0.1) is 5.75 Å². The number of carbonyl (C=O) groups is 2. The van der Waals surface area contributed by atoms with E-state index in [1.807, 2.05) is 30.3 Å². The molecular formula is C21H19N3O4S. The van der Waals surface area contributed by atoms with Crippen LogP contribution in [-0.2, 0) is 9.59 Å². The molecule has 0 fully saturated rings. The molecule has 0 saturated heterocycles. The number of aromatic nitrogens is 1. The Kier molecular flexibility index (Phi) is 7.07. The van der Waals surface area contributed by atoms with Crippen molar-refractivity contribution < 1.29 is 18.7 Å². The maximum atomic E-state index is 11.9. The third-order valence-corrected chi connectivity index (χ3v) is 4.43. The number of hydrazine groups is 1. The quantitative estimate of drug-likeness (QED) is 0.257. The van der Waals surface area contributed by atoms with Crippen LogP contribution in [0.25, 0.3) is 17.2 Å². The van der Waals surface area contributed by atoms with Gasteiger partial charge in [-0.25, -0.2) is 4.98 Å². The first kappa shape index (κ1) is 20.2. The summed E-state index contributed by atoms with van der Waals surface area (Å²) in [7, 11) is 0. The number of ether oxygens (including phenoxy) is 1. The van der Waals surface area contributed by atoms with E-state index in [1.54, 1.807) is 30.4 Å². The van der Waals surface area contributed by atoms with Gasteiger partial charge in [0.1, 0.15) is 17.9 Å². The third-order valence-electron chi connectivity index (χ3n) is 3.60. The van der Waals surface area contributed by atoms with Crippen LogP contribution in [-0.4, -0.2) is 29.2 Å². The fraction of sp³-hybridized carbons (Fsp3) is 0.0952. The number of amides is 2. The van der Waals surface area contributed by atoms with Crippen molar-refractivity contribution in [3.8, 4) is 5.75 Å². The molecule has 0 spiro atoms. The van der Waals surface area contributed by atoms with Crippen LogP contribution in [0.3, 0.4) is 0 Å². The summed E-state index contributed by atoms with van der Waals surface area (Å²) in [6.45, 7) is 4.02. The molecule has 0 aliphatic heterocycles. The first-order valence-corrected chi connectivity index (χ1v) is 9.71. The van der Waals surface area contributed by atoms with Crippen molar-refractivity contribution in [2.45, 2.75) is 5.22 Å². The monoisotopic (exact) mass is 409 g/mol. The number of thioether (sulfide) groups is 1. The van der Waals surface area contributed by atoms with E-state index in [9.17, 15) is 9.59 Å². The van der Waals surface area contributed by atoms with E-state index in [-0.39, 0.29) is 11.7 Å². The van der Waals surface area contributed by atoms with Crippen LogP contribution in [0, 0.1) is 0 Å². The van der Waals surface area contributed by atoms with Crippen molar-refractivity contribution >= 4 is 40.8 Å². The number of fused-ring (bicyclic) bond motifs is 1. The Morgan fingerprint density at radius 1 is 1.14 bits per heavy atom. The van der Waals surface area contributed by atoms with E-state index in [4.69, 9.17) is 9.15 Å². The van der Waals surface area contributed by atoms with Crippen molar-refractivity contribution in [3.63, 3.8) is 0 Å². The molecular weight excluding hydrogens is 390 g/mol. The van der Waals surface area contributed by atoms with E-state index in [0.717, 1.165) is 28.6 Å². The summed E-state index contributed by atoms with van der Waals surface area (Å²) in [5.41, 5.74) is 6.89. The highest BCUT2D eigenvalue weighted by molar-refractivity contribution is 7.99. The molecule has 0 atom stereocenters. The molecule has 7 nitrogen and oxygen atoms in total. The van der Waals surface area contributed by atoms with Crippen LogP contribution in [0.4, 0.5) is 0 Å². The second-order valence-corrected chi connectivity index (χ2v) is 6.70. The van der Waals surface area contributed by atoms with Crippen molar-refractivity contribution in [2.24, 2.45) is 0 Å². The summed E-state index contributed by atoms with van der Waals surface area (Å²) < 4.78 is 10.9. The Hall–Kier alpha value is -3.52. The molecule has 0 bridgehead atoms. The number of rotatable bonds is 8. The van der Waals surface area contributed by atoms with E-state index in [1.165, 1.54) is 6.08 Å². The van der Waals surface area contributed by atoms with E-state index in [0.29, 0.717) is 17.4 Å². The summed E-state index contributed by atoms with van der Waals surface area (Å²) in [6, 6.07) is 14.6. The minimum atomic E-state index is -0.447. The van der Waals surface area contributed by atoms with Crippen LogP contribution in [0.1, 0.15) is 5.56 Å². The van der Waals surface area contributed by atoms with Gasteiger partial charge in [0.25, 0.3) is 11.1 Å². The van der Waals surface area contributed by atoms with Crippen molar-refractivity contribution in [2.75, 3.05) is 12.4 Å². The summed E-state index contributed by atoms with van der Waals surface area (Å²) in [6.07, 6.45) is 4.62. The second kappa shape index (κ2) is 10.1. The van der Waals surface area contributed by atoms with Crippen LogP contribution in [0.15, 0.2) is 76.9 Å². The van der Waals surface area contributed by atoms with Crippen LogP contribution < -0.4 is 15.6 Å². The zero-order valence-corrected chi connectivity index (χ0v) is 16.3. The van der Waals surface area contributed by atoms with Gasteiger partial charge in [0.15, 0.2) is 5.58 Å². The van der Waals surface area contributed by atoms with Gasteiger partial charge in [-0.1, -0.05) is 48.7 Å². The summed E-state index contributed by atoms with van der Waals surface area (Å²) in [5.74, 6) is -0.0432. The average Bonchev–Trinajstić information content (AvgIpc) is 3.17. The SMILES string of the molecule is C=CCOc1ccc(/C=C/C(=O)NNC(=O)CSc2nc3ccccc3o2)cc1. The standard InChI is InChI=1S/C21H19N3O4S/c1-2-13-27-16-10-7-15(8-11-16)9-12-19(25)23-24-20(26)14-29-21-22-17-5-3-4-6-18(17)28-21/h2-12H,1,13-14H2,(H,23,25)(H,24,26)/b12-9+. The minimum Gasteiger partial charge on any atom is -0.490 e. The first-order valence-electron chi connectivity index (χ1n) is 8.73. The highest BCUT2D eigenvalue weighted by atomic mass is 32.2. The fourth-order valence-corrected chi connectivity index (χ4v) is 2.89. The number of nitrogens with zero attached hydrogens (tertiary/aromatic N) is 1. The molecule has 0 aliphatic rings. The maximum absolute atomic E-state index is 11.9. The van der Waals surface area contributed by atoms with Gasteiger partial charge in [-0.05, 0) is 35.9 Å². The summed E-state index contributed by atoms with van der Waals surface area (Å²) in [5, 5.41) is 0.396. The molecule has 0 aliphatic carbocycles. The minimum absolute atomic E-state index is 0.0585. The summed E-state index contributed by atoms with van der Waals surface area (Å²) >= 11 is 1.15. The molecule has 148 valence electrons. The summed E-state index contributed by atoms with van der Waals surface area (Å²) in [4.78, 5) is 28.0. The predicted octanol–water partition coefficient (Wildman–Crippen LogP) is 3.35. The number of oxazole rings is 1. The predicted molar refractivity (Wildman–Crippen MR) is 112 cm³/mol. The van der Waals surface area contributed by atoms with E-state index < -0.39 is 5.91 Å². The number of para-hydroxylation sites is 2. The van der Waals surface area contributed by atoms with Crippen LogP contribution in [0.2, 0.25) is 0 Å². The second-order valence-electron chi connectivity index (χ2n) is 5.78. The number of nitrogens with one attached hydrogen (secondary N) is 2. The molecule has 1 aromatic heterocycles. The third kappa shape index (κ3) is 6.25. The molecule has 2 amide bonds. The number of carbonyl (C=O) groups excluding carboxylic acids is 2. The van der Waals surface area contributed by atoms with Gasteiger partial charge >= 0.3 is 0 Å². The number of hydrogen-bond donors (Lipinski definition) is 2. The van der Waals surface area contributed by atoms with E-state index >= 15 is 0 Å². The van der Waals surface area contributed by atoms with Crippen molar-refractivity contribution in [1.82, 2.24) is 15.8 Å². The molecule has 0 unspecified atom stereocenters. The fourth-order valence-electron chi connectivity index (χ4n) is 2.25. The highest BCUT2D eigenvalue weighted by Gasteiger charge is 2.09. The van der Waals surface area contributed by atoms with Gasteiger partial charge in [0, 0.05) is 6.08 Å².